The van der Waals surface area contributed by atoms with Crippen LogP contribution in [0.5, 0.6) is 0 Å². The van der Waals surface area contributed by atoms with Crippen LogP contribution in [-0.4, -0.2) is 25.7 Å². The number of alkyl halides is 3. The molecule has 20 heavy (non-hydrogen) atoms. The maximum atomic E-state index is 12.0. The van der Waals surface area contributed by atoms with E-state index in [-0.39, 0.29) is 30.5 Å². The van der Waals surface area contributed by atoms with E-state index < -0.39 is 12.6 Å². The molecule has 0 radical (unpaired) electrons. The smallest absolute Gasteiger partial charge is 0.390 e. The first-order chi connectivity index (χ1) is 8.81. The summed E-state index contributed by atoms with van der Waals surface area (Å²) in [6.07, 6.45) is -5.05. The number of aryl methyl sites for hydroxylation is 2. The molecule has 0 aromatic carbocycles. The number of rotatable bonds is 4. The molecular weight excluding hydrogens is 386 g/mol. The molecule has 0 amide bonds. The van der Waals surface area contributed by atoms with E-state index in [0.717, 1.165) is 17.1 Å². The van der Waals surface area contributed by atoms with E-state index in [1.807, 2.05) is 19.9 Å². The molecule has 0 unspecified atom stereocenters. The largest absolute Gasteiger partial charge is 0.466 e. The molecule has 0 saturated heterocycles. The van der Waals surface area contributed by atoms with Gasteiger partial charge in [-0.25, -0.2) is 0 Å². The first kappa shape index (κ1) is 19.1. The number of hydrogen-bond donors (Lipinski definition) is 2. The molecule has 1 aromatic heterocycles. The molecule has 0 saturated carbocycles. The van der Waals surface area contributed by atoms with Crippen molar-refractivity contribution >= 4 is 29.9 Å². The normalized spacial score (nSPS) is 12.0. The fourth-order valence-electron chi connectivity index (χ4n) is 1.58. The van der Waals surface area contributed by atoms with Crippen molar-refractivity contribution in [1.82, 2.24) is 10.6 Å². The van der Waals surface area contributed by atoms with Gasteiger partial charge in [-0.2, -0.15) is 13.2 Å². The molecule has 1 aromatic rings. The van der Waals surface area contributed by atoms with E-state index in [0.29, 0.717) is 12.5 Å². The summed E-state index contributed by atoms with van der Waals surface area (Å²) in [6, 6.07) is 1.88. The highest BCUT2D eigenvalue weighted by Crippen LogP contribution is 2.18. The van der Waals surface area contributed by atoms with Crippen molar-refractivity contribution in [2.24, 2.45) is 4.99 Å². The topological polar surface area (TPSA) is 49.6 Å². The van der Waals surface area contributed by atoms with Crippen LogP contribution < -0.4 is 10.6 Å². The predicted molar refractivity (Wildman–Crippen MR) is 82.5 cm³/mol. The van der Waals surface area contributed by atoms with Crippen molar-refractivity contribution < 1.29 is 17.6 Å². The number of aliphatic imine (C=N–C) groups is 1. The molecular formula is C12H19F3IN3O. The molecule has 0 spiro atoms. The van der Waals surface area contributed by atoms with Gasteiger partial charge in [0.1, 0.15) is 11.5 Å². The second kappa shape index (κ2) is 8.38. The molecule has 0 aliphatic heterocycles. The van der Waals surface area contributed by atoms with E-state index in [4.69, 9.17) is 4.42 Å². The summed E-state index contributed by atoms with van der Waals surface area (Å²) >= 11 is 0. The van der Waals surface area contributed by atoms with Gasteiger partial charge >= 0.3 is 6.18 Å². The second-order valence-electron chi connectivity index (χ2n) is 4.16. The van der Waals surface area contributed by atoms with Crippen molar-refractivity contribution in [2.75, 3.05) is 13.6 Å². The lowest BCUT2D eigenvalue weighted by atomic mass is 10.2. The monoisotopic (exact) mass is 405 g/mol. The standard InChI is InChI=1S/C12H18F3N3O.HI/c1-8-6-10(9(2)19-8)7-18-11(16-3)17-5-4-12(13,14)15;/h6H,4-5,7H2,1-3H3,(H2,16,17,18);1H. The number of nitrogens with zero attached hydrogens (tertiary/aromatic N) is 1. The molecule has 1 heterocycles. The Labute approximate surface area is 133 Å². The summed E-state index contributed by atoms with van der Waals surface area (Å²) in [5.74, 6) is 1.92. The third kappa shape index (κ3) is 7.01. The fraction of sp³-hybridized carbons (Fsp3) is 0.583. The Balaban J connectivity index is 0.00000361. The van der Waals surface area contributed by atoms with Gasteiger partial charge in [-0.3, -0.25) is 4.99 Å². The van der Waals surface area contributed by atoms with Crippen molar-refractivity contribution in [2.45, 2.75) is 33.0 Å². The van der Waals surface area contributed by atoms with Gasteiger partial charge in [-0.1, -0.05) is 0 Å². The van der Waals surface area contributed by atoms with Gasteiger partial charge in [0.2, 0.25) is 0 Å². The van der Waals surface area contributed by atoms with E-state index in [1.54, 1.807) is 0 Å². The van der Waals surface area contributed by atoms with Crippen LogP contribution in [0.25, 0.3) is 0 Å². The van der Waals surface area contributed by atoms with Gasteiger partial charge in [0.15, 0.2) is 5.96 Å². The van der Waals surface area contributed by atoms with Crippen LogP contribution >= 0.6 is 24.0 Å². The first-order valence-corrected chi connectivity index (χ1v) is 5.89. The highest BCUT2D eigenvalue weighted by Gasteiger charge is 2.26. The Morgan fingerprint density at radius 3 is 2.40 bits per heavy atom. The molecule has 0 bridgehead atoms. The van der Waals surface area contributed by atoms with Crippen LogP contribution in [0.15, 0.2) is 15.5 Å². The summed E-state index contributed by atoms with van der Waals surface area (Å²) in [7, 11) is 1.51. The summed E-state index contributed by atoms with van der Waals surface area (Å²) in [5, 5.41) is 5.55. The van der Waals surface area contributed by atoms with Crippen molar-refractivity contribution in [3.63, 3.8) is 0 Å². The molecule has 8 heteroatoms. The van der Waals surface area contributed by atoms with Crippen LogP contribution in [0.3, 0.4) is 0 Å². The molecule has 0 aliphatic rings. The van der Waals surface area contributed by atoms with E-state index in [1.165, 1.54) is 7.05 Å². The van der Waals surface area contributed by atoms with E-state index in [2.05, 4.69) is 15.6 Å². The Hall–Kier alpha value is -0.930. The zero-order chi connectivity index (χ0) is 14.5. The Morgan fingerprint density at radius 1 is 1.30 bits per heavy atom. The van der Waals surface area contributed by atoms with Gasteiger partial charge in [-0.15, -0.1) is 24.0 Å². The summed E-state index contributed by atoms with van der Waals surface area (Å²) < 4.78 is 41.4. The van der Waals surface area contributed by atoms with E-state index >= 15 is 0 Å². The molecule has 1 rings (SSSR count). The van der Waals surface area contributed by atoms with Crippen molar-refractivity contribution in [3.05, 3.63) is 23.2 Å². The third-order valence-corrected chi connectivity index (χ3v) is 2.51. The highest BCUT2D eigenvalue weighted by atomic mass is 127. The van der Waals surface area contributed by atoms with Crippen LogP contribution in [0, 0.1) is 13.8 Å². The first-order valence-electron chi connectivity index (χ1n) is 5.89. The lowest BCUT2D eigenvalue weighted by Crippen LogP contribution is -2.38. The summed E-state index contributed by atoms with van der Waals surface area (Å²) in [5.41, 5.74) is 0.955. The summed E-state index contributed by atoms with van der Waals surface area (Å²) in [4.78, 5) is 3.86. The summed E-state index contributed by atoms with van der Waals surface area (Å²) in [6.45, 7) is 3.93. The minimum atomic E-state index is -4.16. The minimum absolute atomic E-state index is 0. The van der Waals surface area contributed by atoms with Crippen LogP contribution in [-0.2, 0) is 6.54 Å². The predicted octanol–water partition coefficient (Wildman–Crippen LogP) is 3.13. The van der Waals surface area contributed by atoms with Gasteiger partial charge < -0.3 is 15.1 Å². The van der Waals surface area contributed by atoms with E-state index in [9.17, 15) is 13.2 Å². The third-order valence-electron chi connectivity index (χ3n) is 2.51. The molecule has 4 nitrogen and oxygen atoms in total. The number of nitrogens with one attached hydrogen (secondary N) is 2. The van der Waals surface area contributed by atoms with Gasteiger partial charge in [-0.05, 0) is 19.9 Å². The molecule has 2 N–H and O–H groups in total. The second-order valence-corrected chi connectivity index (χ2v) is 4.16. The molecule has 0 atom stereocenters. The van der Waals surface area contributed by atoms with Crippen LogP contribution in [0.2, 0.25) is 0 Å². The zero-order valence-electron chi connectivity index (χ0n) is 11.6. The average molecular weight is 405 g/mol. The van der Waals surface area contributed by atoms with Crippen molar-refractivity contribution in [3.8, 4) is 0 Å². The Kier molecular flexibility index (Phi) is 7.99. The number of halogens is 4. The van der Waals surface area contributed by atoms with Gasteiger partial charge in [0, 0.05) is 25.7 Å². The lowest BCUT2D eigenvalue weighted by molar-refractivity contribution is -0.132. The van der Waals surface area contributed by atoms with Crippen LogP contribution in [0.4, 0.5) is 13.2 Å². The Bertz CT molecular complexity index is 444. The van der Waals surface area contributed by atoms with Crippen LogP contribution in [0.1, 0.15) is 23.5 Å². The maximum absolute atomic E-state index is 12.0. The molecule has 116 valence electrons. The SMILES string of the molecule is CN=C(NCCC(F)(F)F)NCc1cc(C)oc1C.I. The van der Waals surface area contributed by atoms with Gasteiger partial charge in [0.05, 0.1) is 6.42 Å². The zero-order valence-corrected chi connectivity index (χ0v) is 13.9. The Morgan fingerprint density at radius 2 is 1.95 bits per heavy atom. The average Bonchev–Trinajstić information content (AvgIpc) is 2.60. The molecule has 0 fully saturated rings. The van der Waals surface area contributed by atoms with Crippen molar-refractivity contribution in [1.29, 1.82) is 0 Å². The van der Waals surface area contributed by atoms with Gasteiger partial charge in [0.25, 0.3) is 0 Å². The maximum Gasteiger partial charge on any atom is 0.390 e. The molecule has 0 aliphatic carbocycles. The minimum Gasteiger partial charge on any atom is -0.466 e. The highest BCUT2D eigenvalue weighted by molar-refractivity contribution is 14.0. The number of furan rings is 1. The number of hydrogen-bond acceptors (Lipinski definition) is 2. The lowest BCUT2D eigenvalue weighted by Gasteiger charge is -2.12. The number of guanidine groups is 1. The fourth-order valence-corrected chi connectivity index (χ4v) is 1.58. The quantitative estimate of drug-likeness (QED) is 0.460.